The van der Waals surface area contributed by atoms with Gasteiger partial charge in [0.25, 0.3) is 5.56 Å². The lowest BCUT2D eigenvalue weighted by molar-refractivity contribution is -0.136. The maximum absolute atomic E-state index is 13.6. The summed E-state index contributed by atoms with van der Waals surface area (Å²) < 4.78 is 17.2. The zero-order chi connectivity index (χ0) is 25.1. The van der Waals surface area contributed by atoms with Gasteiger partial charge in [0.15, 0.2) is 4.80 Å². The van der Waals surface area contributed by atoms with Crippen LogP contribution in [0.2, 0.25) is 0 Å². The van der Waals surface area contributed by atoms with Crippen LogP contribution in [0.4, 0.5) is 0 Å². The van der Waals surface area contributed by atoms with Crippen molar-refractivity contribution in [3.8, 4) is 5.75 Å². The number of esters is 2. The van der Waals surface area contributed by atoms with Gasteiger partial charge in [-0.25, -0.2) is 14.6 Å². The molecule has 0 aliphatic carbocycles. The number of hydrogen-bond acceptors (Lipinski definition) is 8. The average Bonchev–Trinajstić information content (AvgIpc) is 3.17. The minimum absolute atomic E-state index is 0.262. The van der Waals surface area contributed by atoms with Gasteiger partial charge in [0.1, 0.15) is 5.75 Å². The fourth-order valence-corrected chi connectivity index (χ4v) is 4.95. The predicted molar refractivity (Wildman–Crippen MR) is 131 cm³/mol. The van der Waals surface area contributed by atoms with Gasteiger partial charge in [0, 0.05) is 0 Å². The highest BCUT2D eigenvalue weighted by atomic mass is 32.1. The molecule has 4 rings (SSSR count). The minimum Gasteiger partial charge on any atom is -0.494 e. The minimum atomic E-state index is -0.757. The first-order valence-electron chi connectivity index (χ1n) is 10.9. The summed E-state index contributed by atoms with van der Waals surface area (Å²) in [6, 6.07) is 13.3. The van der Waals surface area contributed by atoms with Gasteiger partial charge in [-0.1, -0.05) is 35.6 Å². The summed E-state index contributed by atoms with van der Waals surface area (Å²) in [5.74, 6) is -0.301. The van der Waals surface area contributed by atoms with Crippen molar-refractivity contribution < 1.29 is 23.8 Å². The first kappa shape index (κ1) is 24.2. The standard InChI is InChI=1S/C26H24N2O6S/c1-5-34-19-12-6-16(7-13-19)14-20-23(29)28-22(17-8-10-18(11-9-17)24(30)32-3)21(25(31)33-4)15(2)27-26(28)35-20/h6-14,22H,5H2,1-4H3. The van der Waals surface area contributed by atoms with Crippen LogP contribution in [-0.4, -0.2) is 37.3 Å². The highest BCUT2D eigenvalue weighted by Crippen LogP contribution is 2.30. The quantitative estimate of drug-likeness (QED) is 0.491. The van der Waals surface area contributed by atoms with Gasteiger partial charge in [0.2, 0.25) is 0 Å². The molecule has 1 aliphatic heterocycles. The molecule has 2 aromatic carbocycles. The van der Waals surface area contributed by atoms with Crippen LogP contribution in [0.25, 0.3) is 6.08 Å². The third kappa shape index (κ3) is 4.67. The second-order valence-electron chi connectivity index (χ2n) is 7.69. The molecule has 180 valence electrons. The molecule has 0 fully saturated rings. The summed E-state index contributed by atoms with van der Waals surface area (Å²) in [6.07, 6.45) is 1.79. The normalized spacial score (nSPS) is 15.3. The molecule has 0 N–H and O–H groups in total. The van der Waals surface area contributed by atoms with E-state index in [0.29, 0.717) is 32.8 Å². The van der Waals surface area contributed by atoms with Gasteiger partial charge in [-0.15, -0.1) is 0 Å². The smallest absolute Gasteiger partial charge is 0.338 e. The second kappa shape index (κ2) is 10.1. The number of allylic oxidation sites excluding steroid dienone is 1. The first-order valence-corrected chi connectivity index (χ1v) is 11.7. The van der Waals surface area contributed by atoms with Crippen LogP contribution in [0.1, 0.15) is 41.4 Å². The molecule has 2 heterocycles. The predicted octanol–water partition coefficient (Wildman–Crippen LogP) is 2.59. The van der Waals surface area contributed by atoms with E-state index in [2.05, 4.69) is 4.99 Å². The van der Waals surface area contributed by atoms with E-state index in [-0.39, 0.29) is 11.1 Å². The number of rotatable bonds is 6. The molecule has 1 unspecified atom stereocenters. The van der Waals surface area contributed by atoms with Crippen LogP contribution < -0.4 is 19.6 Å². The Balaban J connectivity index is 1.87. The number of carbonyl (C=O) groups excluding carboxylic acids is 2. The van der Waals surface area contributed by atoms with Crippen molar-refractivity contribution in [2.45, 2.75) is 19.9 Å². The van der Waals surface area contributed by atoms with Crippen LogP contribution in [0.5, 0.6) is 5.75 Å². The number of aromatic nitrogens is 1. The van der Waals surface area contributed by atoms with Gasteiger partial charge in [-0.2, -0.15) is 0 Å². The highest BCUT2D eigenvalue weighted by molar-refractivity contribution is 7.07. The number of methoxy groups -OCH3 is 2. The Morgan fingerprint density at radius 2 is 1.69 bits per heavy atom. The molecule has 0 saturated carbocycles. The number of carbonyl (C=O) groups is 2. The molecular weight excluding hydrogens is 468 g/mol. The van der Waals surface area contributed by atoms with E-state index < -0.39 is 18.0 Å². The lowest BCUT2D eigenvalue weighted by Gasteiger charge is -2.24. The van der Waals surface area contributed by atoms with E-state index in [1.54, 1.807) is 37.3 Å². The Bertz CT molecular complexity index is 1480. The first-order chi connectivity index (χ1) is 16.9. The van der Waals surface area contributed by atoms with Gasteiger partial charge >= 0.3 is 11.9 Å². The van der Waals surface area contributed by atoms with Crippen molar-refractivity contribution in [2.24, 2.45) is 4.99 Å². The van der Waals surface area contributed by atoms with Crippen LogP contribution in [0.3, 0.4) is 0 Å². The number of hydrogen-bond donors (Lipinski definition) is 0. The van der Waals surface area contributed by atoms with E-state index in [9.17, 15) is 14.4 Å². The third-order valence-electron chi connectivity index (χ3n) is 5.56. The monoisotopic (exact) mass is 492 g/mol. The number of nitrogens with zero attached hydrogens (tertiary/aromatic N) is 2. The number of thiazole rings is 1. The van der Waals surface area contributed by atoms with Crippen LogP contribution in [-0.2, 0) is 14.3 Å². The maximum atomic E-state index is 13.6. The second-order valence-corrected chi connectivity index (χ2v) is 8.70. The Kier molecular flexibility index (Phi) is 6.97. The highest BCUT2D eigenvalue weighted by Gasteiger charge is 2.33. The van der Waals surface area contributed by atoms with Crippen molar-refractivity contribution >= 4 is 29.4 Å². The lowest BCUT2D eigenvalue weighted by atomic mass is 9.95. The molecule has 8 nitrogen and oxygen atoms in total. The van der Waals surface area contributed by atoms with Gasteiger partial charge in [-0.05, 0) is 55.3 Å². The SMILES string of the molecule is CCOc1ccc(C=c2sc3n(c2=O)C(c2ccc(C(=O)OC)cc2)C(C(=O)OC)=C(C)N=3)cc1. The number of benzene rings is 2. The lowest BCUT2D eigenvalue weighted by Crippen LogP contribution is -2.39. The van der Waals surface area contributed by atoms with E-state index in [0.717, 1.165) is 11.3 Å². The summed E-state index contributed by atoms with van der Waals surface area (Å²) >= 11 is 1.24. The Morgan fingerprint density at radius 3 is 2.29 bits per heavy atom. The molecule has 0 amide bonds. The summed E-state index contributed by atoms with van der Waals surface area (Å²) in [7, 11) is 2.59. The summed E-state index contributed by atoms with van der Waals surface area (Å²) in [4.78, 5) is 43.2. The van der Waals surface area contributed by atoms with Crippen molar-refractivity contribution in [2.75, 3.05) is 20.8 Å². The number of ether oxygens (including phenoxy) is 3. The molecule has 1 aromatic heterocycles. The average molecular weight is 493 g/mol. The van der Waals surface area contributed by atoms with Crippen LogP contribution >= 0.6 is 11.3 Å². The summed E-state index contributed by atoms with van der Waals surface area (Å²) in [5.41, 5.74) is 2.28. The molecule has 9 heteroatoms. The Labute approximate surface area is 205 Å². The van der Waals surface area contributed by atoms with Crippen LogP contribution in [0, 0.1) is 0 Å². The molecule has 35 heavy (non-hydrogen) atoms. The van der Waals surface area contributed by atoms with Crippen molar-refractivity contribution in [1.82, 2.24) is 4.57 Å². The molecule has 0 radical (unpaired) electrons. The topological polar surface area (TPSA) is 96.2 Å². The zero-order valence-electron chi connectivity index (χ0n) is 19.7. The van der Waals surface area contributed by atoms with Gasteiger partial charge in [-0.3, -0.25) is 9.36 Å². The molecule has 1 aliphatic rings. The number of fused-ring (bicyclic) bond motifs is 1. The van der Waals surface area contributed by atoms with E-state index in [4.69, 9.17) is 14.2 Å². The molecular formula is C26H24N2O6S. The van der Waals surface area contributed by atoms with E-state index in [1.807, 2.05) is 31.2 Å². The summed E-state index contributed by atoms with van der Waals surface area (Å²) in [5, 5.41) is 0. The molecule has 0 spiro atoms. The van der Waals surface area contributed by atoms with Gasteiger partial charge < -0.3 is 14.2 Å². The van der Waals surface area contributed by atoms with Crippen molar-refractivity contribution in [3.63, 3.8) is 0 Å². The van der Waals surface area contributed by atoms with Crippen molar-refractivity contribution in [3.05, 3.63) is 96.2 Å². The molecule has 1 atom stereocenters. The van der Waals surface area contributed by atoms with Crippen LogP contribution in [0.15, 0.2) is 69.6 Å². The third-order valence-corrected chi connectivity index (χ3v) is 6.55. The fourth-order valence-electron chi connectivity index (χ4n) is 3.91. The molecule has 0 bridgehead atoms. The largest absolute Gasteiger partial charge is 0.494 e. The summed E-state index contributed by atoms with van der Waals surface area (Å²) in [6.45, 7) is 4.20. The maximum Gasteiger partial charge on any atom is 0.338 e. The molecule has 3 aromatic rings. The van der Waals surface area contributed by atoms with E-state index in [1.165, 1.54) is 30.1 Å². The fraction of sp³-hybridized carbons (Fsp3) is 0.231. The molecule has 0 saturated heterocycles. The van der Waals surface area contributed by atoms with Gasteiger partial charge in [0.05, 0.1) is 48.2 Å². The Morgan fingerprint density at radius 1 is 1.03 bits per heavy atom. The van der Waals surface area contributed by atoms with Crippen molar-refractivity contribution in [1.29, 1.82) is 0 Å². The zero-order valence-corrected chi connectivity index (χ0v) is 20.5. The Hall–Kier alpha value is -3.98. The van der Waals surface area contributed by atoms with E-state index >= 15 is 0 Å².